The van der Waals surface area contributed by atoms with Crippen LogP contribution in [0.4, 0.5) is 16.3 Å². The highest BCUT2D eigenvalue weighted by Gasteiger charge is 2.15. The lowest BCUT2D eigenvalue weighted by molar-refractivity contribution is -0.142. The van der Waals surface area contributed by atoms with Crippen molar-refractivity contribution in [3.8, 4) is 0 Å². The van der Waals surface area contributed by atoms with E-state index in [1.807, 2.05) is 0 Å². The Morgan fingerprint density at radius 1 is 1.11 bits per heavy atom. The number of amides is 3. The van der Waals surface area contributed by atoms with Gasteiger partial charge in [0.05, 0.1) is 13.0 Å². The third-order valence-corrected chi connectivity index (χ3v) is 3.29. The van der Waals surface area contributed by atoms with Crippen molar-refractivity contribution < 1.29 is 23.7 Å². The van der Waals surface area contributed by atoms with E-state index >= 15 is 0 Å². The normalized spacial score (nSPS) is 10.1. The zero-order valence-corrected chi connectivity index (χ0v) is 14.7. The van der Waals surface area contributed by atoms with Crippen LogP contribution in [-0.4, -0.2) is 47.9 Å². The van der Waals surface area contributed by atoms with Crippen molar-refractivity contribution in [1.82, 2.24) is 20.9 Å². The van der Waals surface area contributed by atoms with Crippen LogP contribution in [0.1, 0.15) is 23.0 Å². The molecule has 0 aliphatic rings. The van der Waals surface area contributed by atoms with Gasteiger partial charge >= 0.3 is 12.0 Å². The van der Waals surface area contributed by atoms with Crippen LogP contribution in [0.25, 0.3) is 0 Å². The molecule has 0 saturated carbocycles. The molecule has 2 aromatic rings. The van der Waals surface area contributed by atoms with Gasteiger partial charge in [-0.05, 0) is 34.9 Å². The molecule has 0 unspecified atom stereocenters. The third kappa shape index (κ3) is 6.30. The Labute approximate surface area is 154 Å². The fraction of sp³-hybridized carbons (Fsp3) is 0.312. The number of carbonyl (C=O) groups excluding carboxylic acids is 3. The summed E-state index contributed by atoms with van der Waals surface area (Å²) in [5.41, 5.74) is 6.63. The van der Waals surface area contributed by atoms with E-state index in [-0.39, 0.29) is 37.0 Å². The Bertz CT molecular complexity index is 789. The molecule has 27 heavy (non-hydrogen) atoms. The lowest BCUT2D eigenvalue weighted by Crippen LogP contribution is -2.37. The molecule has 0 saturated heterocycles. The van der Waals surface area contributed by atoms with Crippen molar-refractivity contribution in [2.24, 2.45) is 0 Å². The van der Waals surface area contributed by atoms with Gasteiger partial charge in [-0.2, -0.15) is 0 Å². The minimum atomic E-state index is -0.548. The van der Waals surface area contributed by atoms with E-state index in [4.69, 9.17) is 10.5 Å². The number of aromatic nitrogens is 2. The van der Waals surface area contributed by atoms with Gasteiger partial charge in [-0.1, -0.05) is 12.1 Å². The smallest absolute Gasteiger partial charge is 0.319 e. The van der Waals surface area contributed by atoms with Gasteiger partial charge < -0.3 is 26.4 Å². The molecule has 11 heteroatoms. The van der Waals surface area contributed by atoms with Gasteiger partial charge in [0, 0.05) is 18.8 Å². The van der Waals surface area contributed by atoms with E-state index in [0.29, 0.717) is 12.3 Å². The molecule has 5 N–H and O–H groups in total. The van der Waals surface area contributed by atoms with Crippen molar-refractivity contribution in [2.75, 3.05) is 30.7 Å². The fourth-order valence-electron chi connectivity index (χ4n) is 2.05. The first kappa shape index (κ1) is 19.7. The van der Waals surface area contributed by atoms with E-state index in [1.54, 1.807) is 31.2 Å². The molecule has 0 spiro atoms. The van der Waals surface area contributed by atoms with Gasteiger partial charge in [0.25, 0.3) is 5.91 Å². The molecule has 1 aromatic heterocycles. The van der Waals surface area contributed by atoms with Gasteiger partial charge in [-0.15, -0.1) is 0 Å². The Morgan fingerprint density at radius 2 is 1.81 bits per heavy atom. The number of rotatable bonds is 8. The van der Waals surface area contributed by atoms with E-state index in [9.17, 15) is 14.4 Å². The average Bonchev–Trinajstić information content (AvgIpc) is 3.06. The maximum atomic E-state index is 11.8. The molecular formula is C16H20N6O5. The Hall–Kier alpha value is -3.63. The predicted octanol–water partition coefficient (Wildman–Crippen LogP) is 0.309. The number of anilines is 2. The number of carbonyl (C=O) groups is 3. The number of nitrogens with one attached hydrogen (secondary N) is 3. The molecule has 2 rings (SSSR count). The van der Waals surface area contributed by atoms with Crippen molar-refractivity contribution in [3.05, 3.63) is 35.5 Å². The number of hydrogen-bond donors (Lipinski definition) is 4. The third-order valence-electron chi connectivity index (χ3n) is 3.29. The molecule has 0 fully saturated rings. The Kier molecular flexibility index (Phi) is 7.11. The molecule has 11 nitrogen and oxygen atoms in total. The summed E-state index contributed by atoms with van der Waals surface area (Å²) in [4.78, 5) is 34.9. The average molecular weight is 376 g/mol. The number of nitrogens with two attached hydrogens (primary N) is 1. The Balaban J connectivity index is 1.69. The molecule has 0 atom stereocenters. The standard InChI is InChI=1S/C16H20N6O5/c1-2-26-12(23)9-10-3-5-11(6-4-10)20-16(25)19-8-7-18-15(24)13-14(17)22-27-21-13/h3-6H,2,7-9H2,1H3,(H2,17,22)(H,18,24)(H2,19,20,25). The maximum Gasteiger partial charge on any atom is 0.319 e. The molecule has 1 heterocycles. The highest BCUT2D eigenvalue weighted by Crippen LogP contribution is 2.10. The lowest BCUT2D eigenvalue weighted by Gasteiger charge is -2.09. The predicted molar refractivity (Wildman–Crippen MR) is 94.8 cm³/mol. The van der Waals surface area contributed by atoms with Crippen LogP contribution in [0.2, 0.25) is 0 Å². The lowest BCUT2D eigenvalue weighted by atomic mass is 10.1. The van der Waals surface area contributed by atoms with Gasteiger partial charge in [0.15, 0.2) is 0 Å². The van der Waals surface area contributed by atoms with Crippen LogP contribution in [0.3, 0.4) is 0 Å². The minimum absolute atomic E-state index is 0.107. The van der Waals surface area contributed by atoms with Crippen LogP contribution in [0.15, 0.2) is 28.9 Å². The molecule has 0 aliphatic heterocycles. The molecule has 0 radical (unpaired) electrons. The summed E-state index contributed by atoms with van der Waals surface area (Å²) in [5.74, 6) is -0.959. The number of urea groups is 1. The minimum Gasteiger partial charge on any atom is -0.466 e. The van der Waals surface area contributed by atoms with Crippen molar-refractivity contribution >= 4 is 29.4 Å². The number of nitrogens with zero attached hydrogens (tertiary/aromatic N) is 2. The van der Waals surface area contributed by atoms with Crippen LogP contribution >= 0.6 is 0 Å². The zero-order chi connectivity index (χ0) is 19.6. The molecule has 0 bridgehead atoms. The summed E-state index contributed by atoms with van der Waals surface area (Å²) in [6.07, 6.45) is 0.172. The summed E-state index contributed by atoms with van der Waals surface area (Å²) < 4.78 is 9.20. The Morgan fingerprint density at radius 3 is 2.44 bits per heavy atom. The SMILES string of the molecule is CCOC(=O)Cc1ccc(NC(=O)NCCNC(=O)c2nonc2N)cc1. The zero-order valence-electron chi connectivity index (χ0n) is 14.7. The van der Waals surface area contributed by atoms with Gasteiger partial charge in [0.1, 0.15) is 0 Å². The summed E-state index contributed by atoms with van der Waals surface area (Å²) in [7, 11) is 0. The van der Waals surface area contributed by atoms with Crippen LogP contribution in [0, 0.1) is 0 Å². The molecule has 1 aromatic carbocycles. The largest absolute Gasteiger partial charge is 0.466 e. The van der Waals surface area contributed by atoms with Crippen LogP contribution < -0.4 is 21.7 Å². The second kappa shape index (κ2) is 9.75. The van der Waals surface area contributed by atoms with Crippen molar-refractivity contribution in [1.29, 1.82) is 0 Å². The number of benzene rings is 1. The van der Waals surface area contributed by atoms with Gasteiger partial charge in [-0.3, -0.25) is 9.59 Å². The van der Waals surface area contributed by atoms with E-state index in [2.05, 4.69) is 30.9 Å². The summed E-state index contributed by atoms with van der Waals surface area (Å²) >= 11 is 0. The first-order valence-electron chi connectivity index (χ1n) is 8.15. The maximum absolute atomic E-state index is 11.8. The van der Waals surface area contributed by atoms with Crippen molar-refractivity contribution in [2.45, 2.75) is 13.3 Å². The second-order valence-corrected chi connectivity index (χ2v) is 5.31. The summed E-state index contributed by atoms with van der Waals surface area (Å²) in [6, 6.07) is 6.36. The molecular weight excluding hydrogens is 356 g/mol. The highest BCUT2D eigenvalue weighted by molar-refractivity contribution is 5.96. The van der Waals surface area contributed by atoms with Gasteiger partial charge in [0.2, 0.25) is 11.5 Å². The van der Waals surface area contributed by atoms with E-state index in [1.165, 1.54) is 0 Å². The van der Waals surface area contributed by atoms with Crippen LogP contribution in [0.5, 0.6) is 0 Å². The summed E-state index contributed by atoms with van der Waals surface area (Å²) in [6.45, 7) is 2.43. The van der Waals surface area contributed by atoms with E-state index in [0.717, 1.165) is 5.56 Å². The first-order valence-corrected chi connectivity index (χ1v) is 8.15. The highest BCUT2D eigenvalue weighted by atomic mass is 16.6. The second-order valence-electron chi connectivity index (χ2n) is 5.31. The number of ether oxygens (including phenoxy) is 1. The molecule has 3 amide bonds. The molecule has 0 aliphatic carbocycles. The van der Waals surface area contributed by atoms with Crippen LogP contribution in [-0.2, 0) is 16.0 Å². The molecule has 144 valence electrons. The van der Waals surface area contributed by atoms with E-state index < -0.39 is 11.9 Å². The number of nitrogen functional groups attached to an aromatic ring is 1. The topological polar surface area (TPSA) is 161 Å². The number of esters is 1. The van der Waals surface area contributed by atoms with Crippen molar-refractivity contribution in [3.63, 3.8) is 0 Å². The monoisotopic (exact) mass is 376 g/mol. The summed E-state index contributed by atoms with van der Waals surface area (Å²) in [5, 5.41) is 14.4. The number of hydrogen-bond acceptors (Lipinski definition) is 8. The van der Waals surface area contributed by atoms with Gasteiger partial charge in [-0.25, -0.2) is 9.42 Å². The quantitative estimate of drug-likeness (QED) is 0.378. The fourth-order valence-corrected chi connectivity index (χ4v) is 2.05. The first-order chi connectivity index (χ1) is 13.0.